The van der Waals surface area contributed by atoms with Crippen LogP contribution in [0, 0.1) is 13.8 Å². The quantitative estimate of drug-likeness (QED) is 0.675. The summed E-state index contributed by atoms with van der Waals surface area (Å²) in [7, 11) is -3.09. The molecule has 2 unspecified atom stereocenters. The van der Waals surface area contributed by atoms with Gasteiger partial charge in [0.2, 0.25) is 5.91 Å². The zero-order valence-corrected chi connectivity index (χ0v) is 19.4. The Kier molecular flexibility index (Phi) is 6.72. The van der Waals surface area contributed by atoms with E-state index in [1.54, 1.807) is 6.92 Å². The summed E-state index contributed by atoms with van der Waals surface area (Å²) in [4.78, 5) is 14.4. The lowest BCUT2D eigenvalue weighted by molar-refractivity contribution is -0.126. The highest BCUT2D eigenvalue weighted by Crippen LogP contribution is 2.28. The smallest absolute Gasteiger partial charge is 0.234 e. The van der Waals surface area contributed by atoms with Crippen molar-refractivity contribution in [3.8, 4) is 5.75 Å². The van der Waals surface area contributed by atoms with E-state index in [2.05, 4.69) is 5.32 Å². The molecule has 2 aliphatic heterocycles. The molecule has 0 aliphatic carbocycles. The van der Waals surface area contributed by atoms with Crippen molar-refractivity contribution in [1.29, 1.82) is 0 Å². The fraction of sp³-hybridized carbons (Fsp3) is 0.667. The van der Waals surface area contributed by atoms with Gasteiger partial charge < -0.3 is 15.2 Å². The number of ether oxygens (including phenoxy) is 1. The molecule has 2 heterocycles. The van der Waals surface area contributed by atoms with Crippen LogP contribution in [-0.4, -0.2) is 73.2 Å². The molecule has 168 valence electrons. The van der Waals surface area contributed by atoms with E-state index in [0.29, 0.717) is 36.7 Å². The fourth-order valence-electron chi connectivity index (χ4n) is 4.35. The molecule has 3 rings (SSSR count). The van der Waals surface area contributed by atoms with Gasteiger partial charge in [0.25, 0.3) is 0 Å². The van der Waals surface area contributed by atoms with Crippen molar-refractivity contribution in [3.63, 3.8) is 0 Å². The number of rotatable bonds is 6. The second-order valence-corrected chi connectivity index (χ2v) is 11.7. The van der Waals surface area contributed by atoms with E-state index in [-0.39, 0.29) is 30.6 Å². The lowest BCUT2D eigenvalue weighted by Crippen LogP contribution is -2.55. The molecule has 2 atom stereocenters. The average Bonchev–Trinajstić information content (AvgIpc) is 2.90. The largest absolute Gasteiger partial charge is 0.491 e. The second kappa shape index (κ2) is 8.65. The van der Waals surface area contributed by atoms with Crippen LogP contribution in [0.5, 0.6) is 5.75 Å². The molecular weight excluding hydrogens is 428 g/mol. The average molecular weight is 459 g/mol. The van der Waals surface area contributed by atoms with Gasteiger partial charge in [-0.25, -0.2) is 8.42 Å². The van der Waals surface area contributed by atoms with Crippen LogP contribution < -0.4 is 10.1 Å². The van der Waals surface area contributed by atoms with Crippen molar-refractivity contribution in [3.05, 3.63) is 28.3 Å². The van der Waals surface area contributed by atoms with Gasteiger partial charge in [-0.15, -0.1) is 0 Å². The number of aryl methyl sites for hydroxylation is 2. The molecule has 0 bridgehead atoms. The third-order valence-corrected chi connectivity index (χ3v) is 8.36. The van der Waals surface area contributed by atoms with Crippen molar-refractivity contribution < 1.29 is 23.1 Å². The predicted octanol–water partition coefficient (Wildman–Crippen LogP) is 1.86. The van der Waals surface area contributed by atoms with E-state index < -0.39 is 21.0 Å². The monoisotopic (exact) mass is 458 g/mol. The fourth-order valence-corrected chi connectivity index (χ4v) is 6.56. The van der Waals surface area contributed by atoms with Crippen molar-refractivity contribution in [2.24, 2.45) is 0 Å². The molecule has 2 fully saturated rings. The van der Waals surface area contributed by atoms with Crippen LogP contribution in [0.15, 0.2) is 12.1 Å². The Morgan fingerprint density at radius 2 is 1.97 bits per heavy atom. The molecule has 2 saturated heterocycles. The zero-order valence-electron chi connectivity index (χ0n) is 17.8. The van der Waals surface area contributed by atoms with Crippen molar-refractivity contribution in [2.75, 3.05) is 37.7 Å². The summed E-state index contributed by atoms with van der Waals surface area (Å²) in [6.45, 7) is 6.86. The maximum Gasteiger partial charge on any atom is 0.234 e. The molecule has 0 saturated carbocycles. The van der Waals surface area contributed by atoms with Gasteiger partial charge in [0.1, 0.15) is 18.0 Å². The first-order chi connectivity index (χ1) is 13.9. The van der Waals surface area contributed by atoms with Crippen molar-refractivity contribution >= 4 is 27.3 Å². The van der Waals surface area contributed by atoms with Crippen LogP contribution in [-0.2, 0) is 14.6 Å². The molecule has 2 aliphatic rings. The zero-order chi connectivity index (χ0) is 22.2. The number of aliphatic hydroxyl groups is 1. The van der Waals surface area contributed by atoms with Crippen LogP contribution in [0.4, 0.5) is 0 Å². The molecular formula is C21H31ClN2O5S. The molecule has 1 amide bonds. The van der Waals surface area contributed by atoms with Crippen LogP contribution >= 0.6 is 11.6 Å². The number of sulfone groups is 1. The minimum absolute atomic E-state index is 0.0244. The van der Waals surface area contributed by atoms with E-state index in [4.69, 9.17) is 16.3 Å². The Bertz CT molecular complexity index is 899. The van der Waals surface area contributed by atoms with E-state index in [1.165, 1.54) is 0 Å². The Hall–Kier alpha value is -1.35. The summed E-state index contributed by atoms with van der Waals surface area (Å²) in [6, 6.07) is 3.70. The molecule has 30 heavy (non-hydrogen) atoms. The predicted molar refractivity (Wildman–Crippen MR) is 117 cm³/mol. The van der Waals surface area contributed by atoms with Crippen LogP contribution in [0.3, 0.4) is 0 Å². The Labute approximate surface area is 183 Å². The minimum Gasteiger partial charge on any atom is -0.491 e. The number of amides is 1. The highest BCUT2D eigenvalue weighted by molar-refractivity contribution is 7.91. The number of halogens is 1. The summed E-state index contributed by atoms with van der Waals surface area (Å²) in [5.74, 6) is 0.522. The number of hydrogen-bond donors (Lipinski definition) is 2. The first-order valence-corrected chi connectivity index (χ1v) is 12.4. The van der Waals surface area contributed by atoms with E-state index in [9.17, 15) is 18.3 Å². The Morgan fingerprint density at radius 3 is 2.57 bits per heavy atom. The van der Waals surface area contributed by atoms with Gasteiger partial charge in [-0.05, 0) is 69.8 Å². The first-order valence-electron chi connectivity index (χ1n) is 10.2. The van der Waals surface area contributed by atoms with Gasteiger partial charge >= 0.3 is 0 Å². The Morgan fingerprint density at radius 1 is 1.30 bits per heavy atom. The number of nitrogens with one attached hydrogen (secondary N) is 1. The Balaban J connectivity index is 1.54. The second-order valence-electron chi connectivity index (χ2n) is 9.15. The highest BCUT2D eigenvalue weighted by Gasteiger charge is 2.40. The number of carbonyl (C=O) groups excluding carboxylic acids is 1. The topological polar surface area (TPSA) is 95.9 Å². The third kappa shape index (κ3) is 5.87. The number of likely N-dealkylation sites (tertiary alicyclic amines) is 1. The molecule has 1 aromatic rings. The molecule has 9 heteroatoms. The van der Waals surface area contributed by atoms with Crippen molar-refractivity contribution in [2.45, 2.75) is 51.2 Å². The van der Waals surface area contributed by atoms with Gasteiger partial charge in [0, 0.05) is 11.6 Å². The summed E-state index contributed by atoms with van der Waals surface area (Å²) in [5.41, 5.74) is 0.0711. The van der Waals surface area contributed by atoms with Gasteiger partial charge in [-0.2, -0.15) is 0 Å². The third-order valence-electron chi connectivity index (χ3n) is 5.86. The van der Waals surface area contributed by atoms with Crippen LogP contribution in [0.2, 0.25) is 5.02 Å². The number of β-amino-alcohol motifs (C(OH)–C–C–N with tert-alkyl or cyclic N) is 1. The summed E-state index contributed by atoms with van der Waals surface area (Å²) >= 11 is 6.20. The molecule has 0 radical (unpaired) electrons. The summed E-state index contributed by atoms with van der Waals surface area (Å²) < 4.78 is 29.3. The summed E-state index contributed by atoms with van der Waals surface area (Å²) in [6.07, 6.45) is 1.77. The summed E-state index contributed by atoms with van der Waals surface area (Å²) in [5, 5.41) is 14.6. The van der Waals surface area contributed by atoms with E-state index in [0.717, 1.165) is 17.5 Å². The number of carbonyl (C=O) groups is 1. The van der Waals surface area contributed by atoms with Gasteiger partial charge in [-0.3, -0.25) is 9.69 Å². The maximum absolute atomic E-state index is 12.5. The number of benzene rings is 1. The van der Waals surface area contributed by atoms with Crippen molar-refractivity contribution in [1.82, 2.24) is 10.2 Å². The van der Waals surface area contributed by atoms with Gasteiger partial charge in [0.05, 0.1) is 23.6 Å². The number of nitrogens with zero attached hydrogens (tertiary/aromatic N) is 1. The highest BCUT2D eigenvalue weighted by atomic mass is 35.5. The lowest BCUT2D eigenvalue weighted by atomic mass is 9.93. The first kappa shape index (κ1) is 23.3. The SMILES string of the molecule is Cc1cc(OCC2(O)CCCN(CC(=O)NC3(C)CCS(=O)(=O)C3)C2)cc(C)c1Cl. The maximum atomic E-state index is 12.5. The van der Waals surface area contributed by atoms with Gasteiger partial charge in [0.15, 0.2) is 9.84 Å². The van der Waals surface area contributed by atoms with Crippen LogP contribution in [0.25, 0.3) is 0 Å². The molecule has 0 aromatic heterocycles. The number of piperidine rings is 1. The lowest BCUT2D eigenvalue weighted by Gasteiger charge is -2.39. The molecule has 7 nitrogen and oxygen atoms in total. The standard InChI is InChI=1S/C21H31ClN2O5S/c1-15-9-17(10-16(2)19(15)22)29-13-21(26)5-4-7-24(12-21)11-18(25)23-20(3)6-8-30(27,28)14-20/h9-10,26H,4-8,11-14H2,1-3H3,(H,23,25). The van der Waals surface area contributed by atoms with Crippen LogP contribution in [0.1, 0.15) is 37.3 Å². The normalized spacial score (nSPS) is 29.0. The van der Waals surface area contributed by atoms with Gasteiger partial charge in [-0.1, -0.05) is 11.6 Å². The molecule has 2 N–H and O–H groups in total. The number of hydrogen-bond acceptors (Lipinski definition) is 6. The van der Waals surface area contributed by atoms with E-state index in [1.807, 2.05) is 30.9 Å². The molecule has 0 spiro atoms. The molecule has 1 aromatic carbocycles. The van der Waals surface area contributed by atoms with E-state index >= 15 is 0 Å². The minimum atomic E-state index is -3.09.